The van der Waals surface area contributed by atoms with Gasteiger partial charge in [-0.2, -0.15) is 10.1 Å². The van der Waals surface area contributed by atoms with Crippen molar-refractivity contribution in [1.82, 2.24) is 0 Å². The van der Waals surface area contributed by atoms with Crippen molar-refractivity contribution in [3.05, 3.63) is 101 Å². The van der Waals surface area contributed by atoms with Crippen molar-refractivity contribution in [2.75, 3.05) is 19.2 Å². The number of hydrazone groups is 1. The first-order valence-electron chi connectivity index (χ1n) is 10.7. The molecule has 0 aliphatic carbocycles. The third kappa shape index (κ3) is 4.44. The maximum atomic E-state index is 13.5. The number of aryl methyl sites for hydroxylation is 1. The van der Waals surface area contributed by atoms with Crippen molar-refractivity contribution in [2.24, 2.45) is 5.10 Å². The normalized spacial score (nSPS) is 15.1. The van der Waals surface area contributed by atoms with Gasteiger partial charge in [-0.05, 0) is 43.2 Å². The van der Waals surface area contributed by atoms with E-state index in [-0.39, 0.29) is 5.91 Å². The Hall–Kier alpha value is -4.12. The summed E-state index contributed by atoms with van der Waals surface area (Å²) in [6.45, 7) is 3.91. The molecule has 0 N–H and O–H groups in total. The van der Waals surface area contributed by atoms with Crippen LogP contribution in [0.4, 0.5) is 5.69 Å². The highest BCUT2D eigenvalue weighted by molar-refractivity contribution is 6.34. The van der Waals surface area contributed by atoms with E-state index in [0.717, 1.165) is 28.0 Å². The molecule has 0 radical (unpaired) electrons. The molecule has 0 spiro atoms. The third-order valence-electron chi connectivity index (χ3n) is 5.51. The van der Waals surface area contributed by atoms with Gasteiger partial charge < -0.3 is 9.47 Å². The Balaban J connectivity index is 1.84. The first kappa shape index (κ1) is 22.1. The number of benzene rings is 3. The van der Waals surface area contributed by atoms with E-state index in [1.54, 1.807) is 14.2 Å². The van der Waals surface area contributed by atoms with E-state index in [1.807, 2.05) is 98.8 Å². The van der Waals surface area contributed by atoms with E-state index in [1.165, 1.54) is 5.01 Å². The van der Waals surface area contributed by atoms with Gasteiger partial charge in [-0.1, -0.05) is 72.3 Å². The summed E-state index contributed by atoms with van der Waals surface area (Å²) in [4.78, 5) is 13.5. The van der Waals surface area contributed by atoms with Crippen molar-refractivity contribution in [2.45, 2.75) is 13.8 Å². The van der Waals surface area contributed by atoms with E-state index in [9.17, 15) is 4.79 Å². The van der Waals surface area contributed by atoms with Gasteiger partial charge >= 0.3 is 0 Å². The number of amides is 1. The number of rotatable bonds is 6. The Labute approximate surface area is 194 Å². The first-order chi connectivity index (χ1) is 16.0. The molecule has 166 valence electrons. The molecule has 0 unspecified atom stereocenters. The summed E-state index contributed by atoms with van der Waals surface area (Å²) in [5.41, 5.74) is 5.70. The second-order valence-electron chi connectivity index (χ2n) is 7.71. The minimum absolute atomic E-state index is 0.156. The minimum Gasteiger partial charge on any atom is -0.493 e. The summed E-state index contributed by atoms with van der Waals surface area (Å²) in [6, 6.07) is 23.3. The molecule has 1 heterocycles. The zero-order chi connectivity index (χ0) is 23.4. The van der Waals surface area contributed by atoms with Crippen LogP contribution in [0.25, 0.3) is 11.6 Å². The maximum Gasteiger partial charge on any atom is 0.281 e. The zero-order valence-electron chi connectivity index (χ0n) is 19.2. The van der Waals surface area contributed by atoms with Crippen LogP contribution in [0.5, 0.6) is 11.5 Å². The maximum absolute atomic E-state index is 13.5. The number of methoxy groups -OCH3 is 2. The molecular weight excluding hydrogens is 412 g/mol. The van der Waals surface area contributed by atoms with Crippen molar-refractivity contribution in [3.63, 3.8) is 0 Å². The standard InChI is InChI=1S/C28H26N2O3/c1-19-13-15-21(16-14-19)24(18-17-22-9-8-12-25(32-3)27(22)33-4)26-20(2)29-30(28(26)31)23-10-6-5-7-11-23/h5-18H,1-4H3/b18-17+,26-24+. The van der Waals surface area contributed by atoms with Gasteiger partial charge in [0.05, 0.1) is 31.2 Å². The van der Waals surface area contributed by atoms with Gasteiger partial charge in [0.25, 0.3) is 5.91 Å². The van der Waals surface area contributed by atoms with Crippen LogP contribution >= 0.6 is 0 Å². The Morgan fingerprint density at radius 1 is 0.879 bits per heavy atom. The lowest BCUT2D eigenvalue weighted by atomic mass is 9.95. The summed E-state index contributed by atoms with van der Waals surface area (Å²) in [5.74, 6) is 1.13. The van der Waals surface area contributed by atoms with Gasteiger partial charge in [-0.25, -0.2) is 0 Å². The van der Waals surface area contributed by atoms with Crippen LogP contribution < -0.4 is 14.5 Å². The number of carbonyl (C=O) groups is 1. The van der Waals surface area contributed by atoms with E-state index >= 15 is 0 Å². The Kier molecular flexibility index (Phi) is 6.41. The van der Waals surface area contributed by atoms with Crippen molar-refractivity contribution < 1.29 is 14.3 Å². The SMILES string of the molecule is COc1cccc(/C=C/C(=C2\C(=O)N(c3ccccc3)N=C2C)c2ccc(C)cc2)c1OC. The number of hydrogen-bond donors (Lipinski definition) is 0. The molecule has 5 nitrogen and oxygen atoms in total. The van der Waals surface area contributed by atoms with Crippen LogP contribution in [-0.2, 0) is 4.79 Å². The number of ether oxygens (including phenoxy) is 2. The molecule has 3 aromatic rings. The number of carbonyl (C=O) groups excluding carboxylic acids is 1. The molecule has 0 bridgehead atoms. The molecule has 33 heavy (non-hydrogen) atoms. The quantitative estimate of drug-likeness (QED) is 0.450. The molecule has 0 saturated carbocycles. The average Bonchev–Trinajstić information content (AvgIpc) is 3.14. The second-order valence-corrected chi connectivity index (χ2v) is 7.71. The molecule has 1 aliphatic rings. The third-order valence-corrected chi connectivity index (χ3v) is 5.51. The van der Waals surface area contributed by atoms with E-state index in [2.05, 4.69) is 5.10 Å². The smallest absolute Gasteiger partial charge is 0.281 e. The number of nitrogens with zero attached hydrogens (tertiary/aromatic N) is 2. The first-order valence-corrected chi connectivity index (χ1v) is 10.7. The lowest BCUT2D eigenvalue weighted by Crippen LogP contribution is -2.21. The summed E-state index contributed by atoms with van der Waals surface area (Å²) in [5, 5.41) is 6.02. The fourth-order valence-corrected chi connectivity index (χ4v) is 3.83. The van der Waals surface area contributed by atoms with Gasteiger partial charge in [-0.15, -0.1) is 0 Å². The predicted octanol–water partition coefficient (Wildman–Crippen LogP) is 5.90. The largest absolute Gasteiger partial charge is 0.493 e. The van der Waals surface area contributed by atoms with E-state index < -0.39 is 0 Å². The van der Waals surface area contributed by atoms with Crippen molar-refractivity contribution >= 4 is 29.0 Å². The van der Waals surface area contributed by atoms with Crippen LogP contribution in [0.1, 0.15) is 23.6 Å². The Bertz CT molecular complexity index is 1260. The van der Waals surface area contributed by atoms with Gasteiger partial charge in [0.2, 0.25) is 0 Å². The summed E-state index contributed by atoms with van der Waals surface area (Å²) in [7, 11) is 3.23. The van der Waals surface area contributed by atoms with Crippen LogP contribution in [0.3, 0.4) is 0 Å². The van der Waals surface area contributed by atoms with Crippen molar-refractivity contribution in [3.8, 4) is 11.5 Å². The van der Waals surface area contributed by atoms with Gasteiger partial charge in [0, 0.05) is 5.56 Å². The fourth-order valence-electron chi connectivity index (χ4n) is 3.83. The highest BCUT2D eigenvalue weighted by atomic mass is 16.5. The van der Waals surface area contributed by atoms with Gasteiger partial charge in [0.1, 0.15) is 0 Å². The summed E-state index contributed by atoms with van der Waals surface area (Å²) < 4.78 is 11.0. The highest BCUT2D eigenvalue weighted by Gasteiger charge is 2.31. The second kappa shape index (κ2) is 9.57. The van der Waals surface area contributed by atoms with E-state index in [4.69, 9.17) is 9.47 Å². The van der Waals surface area contributed by atoms with E-state index in [0.29, 0.717) is 22.8 Å². The summed E-state index contributed by atoms with van der Waals surface area (Å²) >= 11 is 0. The molecule has 0 aromatic heterocycles. The minimum atomic E-state index is -0.156. The molecule has 4 rings (SSSR count). The Morgan fingerprint density at radius 2 is 1.61 bits per heavy atom. The molecule has 3 aromatic carbocycles. The van der Waals surface area contributed by atoms with Crippen molar-refractivity contribution in [1.29, 1.82) is 0 Å². The predicted molar refractivity (Wildman–Crippen MR) is 134 cm³/mol. The van der Waals surface area contributed by atoms with Crippen LogP contribution in [0, 0.1) is 6.92 Å². The lowest BCUT2D eigenvalue weighted by molar-refractivity contribution is -0.114. The Morgan fingerprint density at radius 3 is 2.27 bits per heavy atom. The highest BCUT2D eigenvalue weighted by Crippen LogP contribution is 2.34. The molecule has 5 heteroatoms. The van der Waals surface area contributed by atoms with Crippen LogP contribution in [-0.4, -0.2) is 25.8 Å². The molecule has 1 amide bonds. The molecule has 0 saturated heterocycles. The topological polar surface area (TPSA) is 51.1 Å². The molecule has 0 fully saturated rings. The molecular formula is C28H26N2O3. The monoisotopic (exact) mass is 438 g/mol. The number of anilines is 1. The lowest BCUT2D eigenvalue weighted by Gasteiger charge is -2.13. The van der Waals surface area contributed by atoms with Gasteiger partial charge in [0.15, 0.2) is 11.5 Å². The zero-order valence-corrected chi connectivity index (χ0v) is 19.2. The molecule has 0 atom stereocenters. The van der Waals surface area contributed by atoms with Crippen LogP contribution in [0.15, 0.2) is 89.5 Å². The number of allylic oxidation sites excluding steroid dienone is 2. The number of hydrogen-bond acceptors (Lipinski definition) is 4. The van der Waals surface area contributed by atoms with Gasteiger partial charge in [-0.3, -0.25) is 4.79 Å². The van der Waals surface area contributed by atoms with Crippen LogP contribution in [0.2, 0.25) is 0 Å². The summed E-state index contributed by atoms with van der Waals surface area (Å²) in [6.07, 6.45) is 3.89. The average molecular weight is 439 g/mol. The fraction of sp³-hybridized carbons (Fsp3) is 0.143. The molecule has 1 aliphatic heterocycles. The number of para-hydroxylation sites is 2.